The van der Waals surface area contributed by atoms with Crippen LogP contribution in [0.15, 0.2) is 24.4 Å². The summed E-state index contributed by atoms with van der Waals surface area (Å²) in [6.07, 6.45) is 4.37. The molecule has 0 N–H and O–H groups in total. The highest BCUT2D eigenvalue weighted by molar-refractivity contribution is 6.80. The Morgan fingerprint density at radius 1 is 1.06 bits per heavy atom. The van der Waals surface area contributed by atoms with Crippen molar-refractivity contribution in [2.24, 2.45) is 0 Å². The number of hydrogen-bond donors (Lipinski definition) is 0. The number of aromatic nitrogens is 1. The summed E-state index contributed by atoms with van der Waals surface area (Å²) in [7, 11) is -1.11. The molecule has 1 aromatic heterocycles. The van der Waals surface area contributed by atoms with Gasteiger partial charge in [-0.25, -0.2) is 4.98 Å². The molecule has 0 saturated heterocycles. The first-order valence-electron chi connectivity index (χ1n) is 7.37. The van der Waals surface area contributed by atoms with E-state index in [2.05, 4.69) is 49.7 Å². The van der Waals surface area contributed by atoms with Crippen molar-refractivity contribution >= 4 is 13.9 Å². The first-order valence-corrected chi connectivity index (χ1v) is 10.2. The van der Waals surface area contributed by atoms with Crippen LogP contribution in [0.1, 0.15) is 34.1 Å². The highest BCUT2D eigenvalue weighted by Gasteiger charge is 2.29. The molecule has 0 aromatic carbocycles. The maximum atomic E-state index is 4.53. The van der Waals surface area contributed by atoms with Gasteiger partial charge in [0.1, 0.15) is 5.82 Å². The molecule has 1 rings (SSSR count). The molecule has 2 nitrogen and oxygen atoms in total. The van der Waals surface area contributed by atoms with E-state index < -0.39 is 8.07 Å². The van der Waals surface area contributed by atoms with E-state index in [0.717, 1.165) is 12.4 Å². The Kier molecular flexibility index (Phi) is 6.40. The average Bonchev–Trinajstić information content (AvgIpc) is 2.45. The summed E-state index contributed by atoms with van der Waals surface area (Å²) in [4.78, 5) is 7.05. The van der Waals surface area contributed by atoms with Crippen LogP contribution in [0, 0.1) is 0 Å². The molecule has 102 valence electrons. The minimum atomic E-state index is -1.11. The molecule has 0 fully saturated rings. The van der Waals surface area contributed by atoms with Crippen LogP contribution in [0.3, 0.4) is 0 Å². The fraction of sp³-hybridized carbons (Fsp3) is 0.667. The minimum Gasteiger partial charge on any atom is -0.360 e. The van der Waals surface area contributed by atoms with Gasteiger partial charge in [-0.2, -0.15) is 0 Å². The van der Waals surface area contributed by atoms with E-state index in [9.17, 15) is 0 Å². The molecule has 0 spiro atoms. The molecular weight excluding hydrogens is 236 g/mol. The molecule has 0 aliphatic carbocycles. The van der Waals surface area contributed by atoms with Gasteiger partial charge in [0.05, 0.1) is 8.07 Å². The van der Waals surface area contributed by atoms with Crippen LogP contribution in [0.25, 0.3) is 0 Å². The van der Waals surface area contributed by atoms with Gasteiger partial charge in [0.25, 0.3) is 0 Å². The lowest BCUT2D eigenvalue weighted by atomic mass is 10.4. The zero-order valence-electron chi connectivity index (χ0n) is 12.4. The molecule has 0 amide bonds. The van der Waals surface area contributed by atoms with Crippen LogP contribution in [-0.2, 0) is 0 Å². The van der Waals surface area contributed by atoms with Crippen molar-refractivity contribution in [2.45, 2.75) is 52.2 Å². The molecule has 0 atom stereocenters. The van der Waals surface area contributed by atoms with Gasteiger partial charge < -0.3 is 4.90 Å². The van der Waals surface area contributed by atoms with Gasteiger partial charge >= 0.3 is 0 Å². The molecule has 0 bridgehead atoms. The van der Waals surface area contributed by atoms with Crippen LogP contribution in [0.2, 0.25) is 18.1 Å². The first kappa shape index (κ1) is 15.2. The first-order chi connectivity index (χ1) is 8.71. The largest absolute Gasteiger partial charge is 0.360 e. The minimum absolute atomic E-state index is 1.11. The van der Waals surface area contributed by atoms with Crippen molar-refractivity contribution in [3.8, 4) is 0 Å². The van der Waals surface area contributed by atoms with Gasteiger partial charge in [0.15, 0.2) is 0 Å². The van der Waals surface area contributed by atoms with Gasteiger partial charge in [-0.1, -0.05) is 51.9 Å². The normalized spacial score (nSPS) is 11.6. The molecule has 0 radical (unpaired) electrons. The van der Waals surface area contributed by atoms with E-state index in [1.165, 1.54) is 30.7 Å². The van der Waals surface area contributed by atoms with E-state index in [4.69, 9.17) is 0 Å². The third kappa shape index (κ3) is 3.84. The number of rotatable bonds is 8. The van der Waals surface area contributed by atoms with Crippen molar-refractivity contribution in [1.29, 1.82) is 0 Å². The van der Waals surface area contributed by atoms with Gasteiger partial charge in [-0.15, -0.1) is 0 Å². The van der Waals surface area contributed by atoms with Gasteiger partial charge in [0, 0.05) is 18.9 Å². The second-order valence-electron chi connectivity index (χ2n) is 5.17. The molecule has 0 unspecified atom stereocenters. The highest BCUT2D eigenvalue weighted by atomic mass is 28.3. The van der Waals surface area contributed by atoms with Gasteiger partial charge in [-0.05, 0) is 18.6 Å². The molecule has 0 saturated carbocycles. The Bertz CT molecular complexity index is 314. The Balaban J connectivity index is 2.86. The van der Waals surface area contributed by atoms with Gasteiger partial charge in [-0.3, -0.25) is 0 Å². The summed E-state index contributed by atoms with van der Waals surface area (Å²) in [5.74, 6) is 1.16. The molecule has 0 aliphatic heterocycles. The quantitative estimate of drug-likeness (QED) is 0.649. The topological polar surface area (TPSA) is 16.1 Å². The molecule has 0 aliphatic rings. The maximum Gasteiger partial charge on any atom is 0.128 e. The zero-order valence-corrected chi connectivity index (χ0v) is 13.4. The highest BCUT2D eigenvalue weighted by Crippen LogP contribution is 2.23. The van der Waals surface area contributed by atoms with Gasteiger partial charge in [0.2, 0.25) is 0 Å². The van der Waals surface area contributed by atoms with Crippen molar-refractivity contribution in [3.05, 3.63) is 24.4 Å². The Morgan fingerprint density at radius 3 is 2.17 bits per heavy atom. The third-order valence-corrected chi connectivity index (χ3v) is 9.80. The third-order valence-electron chi connectivity index (χ3n) is 4.24. The predicted octanol–water partition coefficient (Wildman–Crippen LogP) is 4.35. The fourth-order valence-electron chi connectivity index (χ4n) is 2.58. The summed E-state index contributed by atoms with van der Waals surface area (Å²) >= 11 is 0. The SMILES string of the molecule is CCCN(C[Si](CC)(CC)CC)c1ccccn1. The molecule has 1 aromatic rings. The lowest BCUT2D eigenvalue weighted by Crippen LogP contribution is -2.46. The summed E-state index contributed by atoms with van der Waals surface area (Å²) in [6, 6.07) is 10.4. The van der Waals surface area contributed by atoms with Crippen molar-refractivity contribution < 1.29 is 0 Å². The lowest BCUT2D eigenvalue weighted by Gasteiger charge is -2.35. The Labute approximate surface area is 113 Å². The molecule has 18 heavy (non-hydrogen) atoms. The Morgan fingerprint density at radius 2 is 1.72 bits per heavy atom. The number of nitrogens with zero attached hydrogens (tertiary/aromatic N) is 2. The monoisotopic (exact) mass is 264 g/mol. The summed E-state index contributed by atoms with van der Waals surface area (Å²) in [5.41, 5.74) is 0. The number of hydrogen-bond acceptors (Lipinski definition) is 2. The number of pyridine rings is 1. The number of anilines is 1. The van der Waals surface area contributed by atoms with E-state index in [1.807, 2.05) is 12.3 Å². The lowest BCUT2D eigenvalue weighted by molar-refractivity contribution is 0.804. The standard InChI is InChI=1S/C15H28N2Si/c1-5-13-17(15-11-9-10-12-16-15)14-18(6-2,7-3)8-4/h9-12H,5-8,13-14H2,1-4H3. The summed E-state index contributed by atoms with van der Waals surface area (Å²) in [5, 5.41) is 0. The molecule has 3 heteroatoms. The second kappa shape index (κ2) is 7.57. The predicted molar refractivity (Wildman–Crippen MR) is 83.9 cm³/mol. The Hall–Kier alpha value is -0.833. The maximum absolute atomic E-state index is 4.53. The molecule has 1 heterocycles. The summed E-state index contributed by atoms with van der Waals surface area (Å²) < 4.78 is 0. The van der Waals surface area contributed by atoms with E-state index >= 15 is 0 Å². The van der Waals surface area contributed by atoms with Crippen molar-refractivity contribution in [1.82, 2.24) is 4.98 Å². The van der Waals surface area contributed by atoms with Crippen LogP contribution in [-0.4, -0.2) is 25.8 Å². The van der Waals surface area contributed by atoms with E-state index in [0.29, 0.717) is 0 Å². The van der Waals surface area contributed by atoms with E-state index in [1.54, 1.807) is 0 Å². The zero-order chi connectivity index (χ0) is 13.4. The van der Waals surface area contributed by atoms with E-state index in [-0.39, 0.29) is 0 Å². The molecular formula is C15H28N2Si. The van der Waals surface area contributed by atoms with Crippen molar-refractivity contribution in [3.63, 3.8) is 0 Å². The van der Waals surface area contributed by atoms with Crippen LogP contribution < -0.4 is 4.90 Å². The fourth-order valence-corrected chi connectivity index (χ4v) is 5.88. The van der Waals surface area contributed by atoms with Crippen LogP contribution >= 0.6 is 0 Å². The average molecular weight is 264 g/mol. The van der Waals surface area contributed by atoms with Crippen LogP contribution in [0.5, 0.6) is 0 Å². The summed E-state index contributed by atoms with van der Waals surface area (Å²) in [6.45, 7) is 10.5. The smallest absolute Gasteiger partial charge is 0.128 e. The second-order valence-corrected chi connectivity index (χ2v) is 10.6. The van der Waals surface area contributed by atoms with Crippen molar-refractivity contribution in [2.75, 3.05) is 17.6 Å². The van der Waals surface area contributed by atoms with Crippen LogP contribution in [0.4, 0.5) is 5.82 Å².